The average Bonchev–Trinajstić information content (AvgIpc) is 3.47. The molecule has 0 spiro atoms. The quantitative estimate of drug-likeness (QED) is 0.274. The van der Waals surface area contributed by atoms with Gasteiger partial charge < -0.3 is 9.47 Å². The van der Waals surface area contributed by atoms with Gasteiger partial charge in [-0.15, -0.1) is 0 Å². The van der Waals surface area contributed by atoms with Gasteiger partial charge in [0, 0.05) is 5.92 Å². The van der Waals surface area contributed by atoms with Crippen molar-refractivity contribution in [3.63, 3.8) is 0 Å². The van der Waals surface area contributed by atoms with Crippen LogP contribution in [-0.4, -0.2) is 24.6 Å². The van der Waals surface area contributed by atoms with Crippen LogP contribution in [0, 0.1) is 35.5 Å². The summed E-state index contributed by atoms with van der Waals surface area (Å²) in [5.41, 5.74) is 2.63. The molecule has 0 N–H and O–H groups in total. The molecule has 3 rings (SSSR count). The van der Waals surface area contributed by atoms with Crippen LogP contribution in [0.15, 0.2) is 35.5 Å². The maximum atomic E-state index is 11.6. The molecule has 0 aliphatic heterocycles. The summed E-state index contributed by atoms with van der Waals surface area (Å²) in [5.74, 6) is 2.93. The fourth-order valence-electron chi connectivity index (χ4n) is 5.17. The van der Waals surface area contributed by atoms with Gasteiger partial charge in [0.05, 0.1) is 11.8 Å². The Kier molecular flexibility index (Phi) is 10.9. The van der Waals surface area contributed by atoms with Crippen molar-refractivity contribution in [1.82, 2.24) is 0 Å². The van der Waals surface area contributed by atoms with E-state index >= 15 is 0 Å². The Bertz CT molecular complexity index is 741. The Labute approximate surface area is 201 Å². The van der Waals surface area contributed by atoms with E-state index in [-0.39, 0.29) is 29.9 Å². The first-order valence-electron chi connectivity index (χ1n) is 13.0. The first-order valence-corrected chi connectivity index (χ1v) is 13.0. The number of carbonyl (C=O) groups is 2. The van der Waals surface area contributed by atoms with E-state index in [4.69, 9.17) is 9.47 Å². The molecule has 4 heteroatoms. The van der Waals surface area contributed by atoms with E-state index in [2.05, 4.69) is 39.0 Å². The summed E-state index contributed by atoms with van der Waals surface area (Å²) in [5, 5.41) is 0. The van der Waals surface area contributed by atoms with Gasteiger partial charge in [0.2, 0.25) is 0 Å². The molecule has 2 bridgehead atoms. The zero-order valence-corrected chi connectivity index (χ0v) is 21.9. The fraction of sp³-hybridized carbons (Fsp3) is 0.724. The van der Waals surface area contributed by atoms with Gasteiger partial charge in [-0.1, -0.05) is 57.1 Å². The number of fused-ring (bicyclic) bond motifs is 5. The molecule has 0 amide bonds. The second-order valence-electron chi connectivity index (χ2n) is 10.7. The zero-order chi connectivity index (χ0) is 24.5. The van der Waals surface area contributed by atoms with E-state index in [0.717, 1.165) is 37.5 Å². The van der Waals surface area contributed by atoms with Gasteiger partial charge in [0.1, 0.15) is 12.7 Å². The molecule has 4 nitrogen and oxygen atoms in total. The molecule has 3 aliphatic rings. The fourth-order valence-corrected chi connectivity index (χ4v) is 5.17. The van der Waals surface area contributed by atoms with Crippen LogP contribution in [0.5, 0.6) is 0 Å². The molecule has 2 fully saturated rings. The Morgan fingerprint density at radius 2 is 1.76 bits per heavy atom. The lowest BCUT2D eigenvalue weighted by atomic mass is 9.80. The van der Waals surface area contributed by atoms with E-state index in [1.165, 1.54) is 24.0 Å². The van der Waals surface area contributed by atoms with Crippen LogP contribution >= 0.6 is 0 Å². The van der Waals surface area contributed by atoms with Crippen LogP contribution in [0.2, 0.25) is 0 Å². The molecule has 0 aromatic heterocycles. The predicted molar refractivity (Wildman–Crippen MR) is 135 cm³/mol. The van der Waals surface area contributed by atoms with Gasteiger partial charge in [-0.3, -0.25) is 9.59 Å². The number of carbonyl (C=O) groups excluding carboxylic acids is 2. The zero-order valence-electron chi connectivity index (χ0n) is 21.9. The third-order valence-electron chi connectivity index (χ3n) is 7.45. The molecular formula is C29H46O4. The van der Waals surface area contributed by atoms with Crippen molar-refractivity contribution in [2.45, 2.75) is 93.1 Å². The maximum Gasteiger partial charge on any atom is 0.308 e. The van der Waals surface area contributed by atoms with Gasteiger partial charge >= 0.3 is 11.9 Å². The van der Waals surface area contributed by atoms with Crippen molar-refractivity contribution >= 4 is 11.9 Å². The second-order valence-corrected chi connectivity index (χ2v) is 10.7. The summed E-state index contributed by atoms with van der Waals surface area (Å²) in [7, 11) is 0. The number of allylic oxidation sites excluding steroid dienone is 5. The van der Waals surface area contributed by atoms with E-state index in [9.17, 15) is 9.59 Å². The van der Waals surface area contributed by atoms with Crippen LogP contribution in [-0.2, 0) is 19.1 Å². The Morgan fingerprint density at radius 1 is 1.03 bits per heavy atom. The lowest BCUT2D eigenvalue weighted by Gasteiger charge is -2.31. The number of hydrogen-bond acceptors (Lipinski definition) is 4. The van der Waals surface area contributed by atoms with Gasteiger partial charge in [0.15, 0.2) is 0 Å². The highest BCUT2D eigenvalue weighted by Crippen LogP contribution is 2.57. The summed E-state index contributed by atoms with van der Waals surface area (Å²) in [6.07, 6.45) is 15.7. The van der Waals surface area contributed by atoms with Crippen LogP contribution in [0.1, 0.15) is 87.0 Å². The molecule has 2 saturated carbocycles. The van der Waals surface area contributed by atoms with E-state index in [1.807, 2.05) is 33.8 Å². The summed E-state index contributed by atoms with van der Waals surface area (Å²) >= 11 is 0. The monoisotopic (exact) mass is 458 g/mol. The molecule has 3 aliphatic carbocycles. The molecule has 0 heterocycles. The first-order chi connectivity index (χ1) is 15.6. The topological polar surface area (TPSA) is 52.6 Å². The van der Waals surface area contributed by atoms with Gasteiger partial charge in [0.25, 0.3) is 0 Å². The molecular weight excluding hydrogens is 412 g/mol. The molecule has 0 saturated heterocycles. The minimum atomic E-state index is -0.0964. The van der Waals surface area contributed by atoms with Gasteiger partial charge in [-0.2, -0.15) is 0 Å². The van der Waals surface area contributed by atoms with Crippen molar-refractivity contribution in [3.8, 4) is 0 Å². The van der Waals surface area contributed by atoms with Gasteiger partial charge in [-0.05, 0) is 83.1 Å². The summed E-state index contributed by atoms with van der Waals surface area (Å²) in [6, 6.07) is 0. The minimum absolute atomic E-state index is 0.00837. The molecule has 0 radical (unpaired) electrons. The second kappa shape index (κ2) is 13.2. The van der Waals surface area contributed by atoms with Crippen LogP contribution in [0.4, 0.5) is 0 Å². The molecule has 0 aromatic rings. The minimum Gasteiger partial charge on any atom is -0.462 e. The van der Waals surface area contributed by atoms with E-state index in [0.29, 0.717) is 18.4 Å². The smallest absolute Gasteiger partial charge is 0.308 e. The normalized spacial score (nSPS) is 28.1. The first kappa shape index (κ1) is 27.4. The molecule has 0 aromatic carbocycles. The standard InChI is InChI=1S/C15H26O2.C14H20O2/c1-6-14(5)15(16)17-11-10-13(4)9-7-8-12(2)3;1-8(2)14(15)16-13-7-9-6-12(13)11-5-3-4-10(9)11/h8,10,14H,6-7,9,11H2,1-5H3;3,5,8-13H,4,6-7H2,1-2H3/b13-10+;. The highest BCUT2D eigenvalue weighted by Gasteiger charge is 2.53. The highest BCUT2D eigenvalue weighted by molar-refractivity contribution is 5.72. The Hall–Kier alpha value is -1.84. The largest absolute Gasteiger partial charge is 0.462 e. The SMILES string of the molecule is CC(C)C(=O)OC1CC2CC1C1C=CCC21.CCC(C)C(=O)OC/C=C(\C)CCC=C(C)C. The maximum absolute atomic E-state index is 11.6. The summed E-state index contributed by atoms with van der Waals surface area (Å²) in [4.78, 5) is 23.0. The molecule has 6 atom stereocenters. The van der Waals surface area contributed by atoms with Crippen molar-refractivity contribution in [1.29, 1.82) is 0 Å². The lowest BCUT2D eigenvalue weighted by molar-refractivity contribution is -0.156. The predicted octanol–water partition coefficient (Wildman–Crippen LogP) is 7.05. The summed E-state index contributed by atoms with van der Waals surface area (Å²) in [6.45, 7) is 14.4. The van der Waals surface area contributed by atoms with Gasteiger partial charge in [-0.25, -0.2) is 0 Å². The van der Waals surface area contributed by atoms with Crippen molar-refractivity contribution < 1.29 is 19.1 Å². The van der Waals surface area contributed by atoms with E-state index in [1.54, 1.807) is 0 Å². The third-order valence-corrected chi connectivity index (χ3v) is 7.45. The Morgan fingerprint density at radius 3 is 2.39 bits per heavy atom. The Balaban J connectivity index is 0.000000233. The molecule has 33 heavy (non-hydrogen) atoms. The number of ether oxygens (including phenoxy) is 2. The summed E-state index contributed by atoms with van der Waals surface area (Å²) < 4.78 is 10.8. The molecule has 6 unspecified atom stereocenters. The van der Waals surface area contributed by atoms with Crippen LogP contribution < -0.4 is 0 Å². The third kappa shape index (κ3) is 8.15. The van der Waals surface area contributed by atoms with Crippen LogP contribution in [0.3, 0.4) is 0 Å². The van der Waals surface area contributed by atoms with E-state index < -0.39 is 0 Å². The van der Waals surface area contributed by atoms with Crippen molar-refractivity contribution in [2.75, 3.05) is 6.61 Å². The lowest BCUT2D eigenvalue weighted by Crippen LogP contribution is -2.33. The number of rotatable bonds is 9. The molecule has 186 valence electrons. The van der Waals surface area contributed by atoms with Crippen molar-refractivity contribution in [2.24, 2.45) is 35.5 Å². The highest BCUT2D eigenvalue weighted by atomic mass is 16.5. The number of esters is 2. The van der Waals surface area contributed by atoms with Crippen molar-refractivity contribution in [3.05, 3.63) is 35.5 Å². The number of hydrogen-bond donors (Lipinski definition) is 0. The average molecular weight is 459 g/mol. The van der Waals surface area contributed by atoms with Crippen LogP contribution in [0.25, 0.3) is 0 Å².